The van der Waals surface area contributed by atoms with E-state index in [9.17, 15) is 4.79 Å². The molecular formula is C17H21N3O. The molecule has 4 heteroatoms. The van der Waals surface area contributed by atoms with E-state index in [1.807, 2.05) is 31.2 Å². The minimum absolute atomic E-state index is 0.198. The van der Waals surface area contributed by atoms with Crippen LogP contribution in [0.4, 0.5) is 11.4 Å². The van der Waals surface area contributed by atoms with E-state index in [0.717, 1.165) is 17.9 Å². The number of amides is 1. The van der Waals surface area contributed by atoms with Gasteiger partial charge in [-0.1, -0.05) is 26.0 Å². The molecule has 0 radical (unpaired) electrons. The fourth-order valence-electron chi connectivity index (χ4n) is 2.04. The van der Waals surface area contributed by atoms with Gasteiger partial charge in [-0.2, -0.15) is 0 Å². The number of nitrogens with one attached hydrogen (secondary N) is 2. The van der Waals surface area contributed by atoms with E-state index < -0.39 is 0 Å². The van der Waals surface area contributed by atoms with Crippen molar-refractivity contribution in [2.45, 2.75) is 26.7 Å². The number of anilines is 2. The van der Waals surface area contributed by atoms with Crippen LogP contribution in [0.15, 0.2) is 42.6 Å². The third kappa shape index (κ3) is 4.05. The van der Waals surface area contributed by atoms with E-state index in [-0.39, 0.29) is 5.91 Å². The highest BCUT2D eigenvalue weighted by Gasteiger charge is 2.09. The van der Waals surface area contributed by atoms with Gasteiger partial charge in [0, 0.05) is 24.1 Å². The van der Waals surface area contributed by atoms with Gasteiger partial charge < -0.3 is 10.6 Å². The normalized spacial score (nSPS) is 10.5. The summed E-state index contributed by atoms with van der Waals surface area (Å²) < 4.78 is 0. The number of hydrogen-bond acceptors (Lipinski definition) is 3. The Morgan fingerprint density at radius 3 is 2.71 bits per heavy atom. The fourth-order valence-corrected chi connectivity index (χ4v) is 2.04. The molecule has 0 spiro atoms. The lowest BCUT2D eigenvalue weighted by atomic mass is 10.0. The SMILES string of the molecule is CCNc1ccnc(C(=O)Nc2cccc(C(C)C)c2)c1. The number of nitrogens with zero attached hydrogens (tertiary/aromatic N) is 1. The van der Waals surface area contributed by atoms with Crippen LogP contribution in [0.25, 0.3) is 0 Å². The largest absolute Gasteiger partial charge is 0.385 e. The fraction of sp³-hybridized carbons (Fsp3) is 0.294. The van der Waals surface area contributed by atoms with Gasteiger partial charge in [-0.05, 0) is 42.7 Å². The van der Waals surface area contributed by atoms with Crippen LogP contribution in [0, 0.1) is 0 Å². The second-order valence-corrected chi connectivity index (χ2v) is 5.19. The predicted molar refractivity (Wildman–Crippen MR) is 86.9 cm³/mol. The van der Waals surface area contributed by atoms with Gasteiger partial charge in [-0.15, -0.1) is 0 Å². The number of rotatable bonds is 5. The summed E-state index contributed by atoms with van der Waals surface area (Å²) >= 11 is 0. The van der Waals surface area contributed by atoms with E-state index in [0.29, 0.717) is 11.6 Å². The zero-order valence-electron chi connectivity index (χ0n) is 12.7. The van der Waals surface area contributed by atoms with Crippen molar-refractivity contribution in [3.05, 3.63) is 53.9 Å². The van der Waals surface area contributed by atoms with Crippen LogP contribution in [0.3, 0.4) is 0 Å². The van der Waals surface area contributed by atoms with Crippen molar-refractivity contribution in [3.8, 4) is 0 Å². The van der Waals surface area contributed by atoms with Gasteiger partial charge in [-0.3, -0.25) is 9.78 Å². The number of carbonyl (C=O) groups excluding carboxylic acids is 1. The molecule has 2 rings (SSSR count). The summed E-state index contributed by atoms with van der Waals surface area (Å²) in [6.45, 7) is 7.07. The zero-order chi connectivity index (χ0) is 15.2. The minimum Gasteiger partial charge on any atom is -0.385 e. The van der Waals surface area contributed by atoms with E-state index in [4.69, 9.17) is 0 Å². The molecule has 0 aliphatic heterocycles. The number of carbonyl (C=O) groups is 1. The van der Waals surface area contributed by atoms with Crippen molar-refractivity contribution in [1.29, 1.82) is 0 Å². The van der Waals surface area contributed by atoms with Gasteiger partial charge >= 0.3 is 0 Å². The van der Waals surface area contributed by atoms with E-state index >= 15 is 0 Å². The maximum absolute atomic E-state index is 12.3. The second-order valence-electron chi connectivity index (χ2n) is 5.19. The van der Waals surface area contributed by atoms with Crippen LogP contribution in [0.5, 0.6) is 0 Å². The van der Waals surface area contributed by atoms with Crippen molar-refractivity contribution in [2.24, 2.45) is 0 Å². The lowest BCUT2D eigenvalue weighted by Crippen LogP contribution is -2.14. The van der Waals surface area contributed by atoms with Crippen LogP contribution in [0.2, 0.25) is 0 Å². The first-order valence-electron chi connectivity index (χ1n) is 7.21. The zero-order valence-corrected chi connectivity index (χ0v) is 12.7. The number of benzene rings is 1. The molecular weight excluding hydrogens is 262 g/mol. The summed E-state index contributed by atoms with van der Waals surface area (Å²) in [6.07, 6.45) is 1.64. The quantitative estimate of drug-likeness (QED) is 0.875. The highest BCUT2D eigenvalue weighted by molar-refractivity contribution is 6.03. The Bertz CT molecular complexity index is 623. The van der Waals surface area contributed by atoms with Gasteiger partial charge in [0.2, 0.25) is 0 Å². The van der Waals surface area contributed by atoms with Crippen molar-refractivity contribution in [1.82, 2.24) is 4.98 Å². The minimum atomic E-state index is -0.198. The van der Waals surface area contributed by atoms with Crippen LogP contribution < -0.4 is 10.6 Å². The van der Waals surface area contributed by atoms with E-state index in [1.54, 1.807) is 12.3 Å². The summed E-state index contributed by atoms with van der Waals surface area (Å²) in [5.41, 5.74) is 3.29. The summed E-state index contributed by atoms with van der Waals surface area (Å²) in [7, 11) is 0. The Hall–Kier alpha value is -2.36. The van der Waals surface area contributed by atoms with E-state index in [1.165, 1.54) is 5.56 Å². The van der Waals surface area contributed by atoms with Gasteiger partial charge in [0.05, 0.1) is 0 Å². The van der Waals surface area contributed by atoms with Crippen molar-refractivity contribution >= 4 is 17.3 Å². The average Bonchev–Trinajstić information content (AvgIpc) is 2.48. The van der Waals surface area contributed by atoms with Gasteiger partial charge in [0.15, 0.2) is 0 Å². The summed E-state index contributed by atoms with van der Waals surface area (Å²) in [4.78, 5) is 16.4. The van der Waals surface area contributed by atoms with Crippen LogP contribution in [0.1, 0.15) is 42.7 Å². The molecule has 0 saturated carbocycles. The molecule has 1 aromatic carbocycles. The molecule has 0 aliphatic rings. The van der Waals surface area contributed by atoms with Crippen LogP contribution >= 0.6 is 0 Å². The van der Waals surface area contributed by atoms with Gasteiger partial charge in [0.25, 0.3) is 5.91 Å². The molecule has 0 unspecified atom stereocenters. The Morgan fingerprint density at radius 2 is 2.00 bits per heavy atom. The monoisotopic (exact) mass is 283 g/mol. The first-order chi connectivity index (χ1) is 10.1. The molecule has 0 bridgehead atoms. The first kappa shape index (κ1) is 15.0. The highest BCUT2D eigenvalue weighted by Crippen LogP contribution is 2.19. The molecule has 1 aromatic heterocycles. The third-order valence-corrected chi connectivity index (χ3v) is 3.18. The number of aromatic nitrogens is 1. The maximum Gasteiger partial charge on any atom is 0.274 e. The molecule has 0 saturated heterocycles. The lowest BCUT2D eigenvalue weighted by molar-refractivity contribution is 0.102. The Balaban J connectivity index is 2.14. The van der Waals surface area contributed by atoms with Gasteiger partial charge in [0.1, 0.15) is 5.69 Å². The van der Waals surface area contributed by atoms with Crippen molar-refractivity contribution in [3.63, 3.8) is 0 Å². The molecule has 4 nitrogen and oxygen atoms in total. The lowest BCUT2D eigenvalue weighted by Gasteiger charge is -2.10. The first-order valence-corrected chi connectivity index (χ1v) is 7.21. The van der Waals surface area contributed by atoms with Gasteiger partial charge in [-0.25, -0.2) is 0 Å². The Labute approximate surface area is 125 Å². The van der Waals surface area contributed by atoms with Crippen LogP contribution in [-0.4, -0.2) is 17.4 Å². The topological polar surface area (TPSA) is 54.0 Å². The average molecular weight is 283 g/mol. The summed E-state index contributed by atoms with van der Waals surface area (Å²) in [6, 6.07) is 11.5. The smallest absolute Gasteiger partial charge is 0.274 e. The Kier molecular flexibility index (Phi) is 4.93. The molecule has 0 fully saturated rings. The van der Waals surface area contributed by atoms with E-state index in [2.05, 4.69) is 35.5 Å². The highest BCUT2D eigenvalue weighted by atomic mass is 16.1. The van der Waals surface area contributed by atoms with Crippen LogP contribution in [-0.2, 0) is 0 Å². The number of pyridine rings is 1. The third-order valence-electron chi connectivity index (χ3n) is 3.18. The Morgan fingerprint density at radius 1 is 1.19 bits per heavy atom. The maximum atomic E-state index is 12.3. The summed E-state index contributed by atoms with van der Waals surface area (Å²) in [5, 5.41) is 6.06. The molecule has 2 N–H and O–H groups in total. The number of hydrogen-bond donors (Lipinski definition) is 2. The molecule has 1 heterocycles. The van der Waals surface area contributed by atoms with Crippen molar-refractivity contribution in [2.75, 3.05) is 17.2 Å². The molecule has 110 valence electrons. The standard InChI is InChI=1S/C17H21N3O/c1-4-18-14-8-9-19-16(11-14)17(21)20-15-7-5-6-13(10-15)12(2)3/h5-12H,4H2,1-3H3,(H,18,19)(H,20,21). The molecule has 2 aromatic rings. The molecule has 0 atom stereocenters. The van der Waals surface area contributed by atoms with Crippen molar-refractivity contribution < 1.29 is 4.79 Å². The molecule has 0 aliphatic carbocycles. The summed E-state index contributed by atoms with van der Waals surface area (Å²) in [5.74, 6) is 0.229. The predicted octanol–water partition coefficient (Wildman–Crippen LogP) is 3.89. The molecule has 1 amide bonds. The molecule has 21 heavy (non-hydrogen) atoms. The second kappa shape index (κ2) is 6.88.